The quantitative estimate of drug-likeness (QED) is 0.548. The zero-order chi connectivity index (χ0) is 18.1. The second-order valence-electron chi connectivity index (χ2n) is 6.41. The third kappa shape index (κ3) is 3.47. The van der Waals surface area contributed by atoms with Crippen LogP contribution in [0.4, 0.5) is 5.69 Å². The van der Waals surface area contributed by atoms with Crippen LogP contribution in [0.15, 0.2) is 47.4 Å². The standard InChI is InChI=1S/C19H18ClN5O/c20-17-6-1-12(9-22-17)10-25-8-7-15-16(11-25)23-18(24-19(15)26)13-2-4-14(21)5-3-13/h1-6,9H,7-8,10-11,21H2,(H,23,24,26). The van der Waals surface area contributed by atoms with Crippen molar-refractivity contribution in [2.45, 2.75) is 19.5 Å². The zero-order valence-corrected chi connectivity index (χ0v) is 14.8. The van der Waals surface area contributed by atoms with Crippen LogP contribution in [0.25, 0.3) is 11.4 Å². The molecule has 1 aromatic carbocycles. The van der Waals surface area contributed by atoms with Gasteiger partial charge in [0.05, 0.1) is 5.69 Å². The minimum Gasteiger partial charge on any atom is -0.399 e. The maximum atomic E-state index is 12.5. The van der Waals surface area contributed by atoms with Gasteiger partial charge in [-0.05, 0) is 42.3 Å². The van der Waals surface area contributed by atoms with Gasteiger partial charge < -0.3 is 10.7 Å². The smallest absolute Gasteiger partial charge is 0.254 e. The van der Waals surface area contributed by atoms with Crippen molar-refractivity contribution < 1.29 is 0 Å². The van der Waals surface area contributed by atoms with Gasteiger partial charge in [-0.1, -0.05) is 17.7 Å². The van der Waals surface area contributed by atoms with E-state index in [4.69, 9.17) is 22.3 Å². The van der Waals surface area contributed by atoms with E-state index < -0.39 is 0 Å². The number of hydrogen-bond donors (Lipinski definition) is 2. The van der Waals surface area contributed by atoms with Gasteiger partial charge in [0, 0.05) is 42.6 Å². The van der Waals surface area contributed by atoms with Crippen molar-refractivity contribution in [1.82, 2.24) is 19.9 Å². The second kappa shape index (κ2) is 6.90. The molecule has 0 saturated carbocycles. The molecule has 1 aliphatic rings. The maximum Gasteiger partial charge on any atom is 0.254 e. The minimum absolute atomic E-state index is 0.0605. The van der Waals surface area contributed by atoms with Crippen molar-refractivity contribution in [3.63, 3.8) is 0 Å². The number of rotatable bonds is 3. The van der Waals surface area contributed by atoms with Crippen LogP contribution in [-0.2, 0) is 19.5 Å². The number of fused-ring (bicyclic) bond motifs is 1. The van der Waals surface area contributed by atoms with Crippen LogP contribution in [-0.4, -0.2) is 26.4 Å². The third-order valence-corrected chi connectivity index (χ3v) is 4.76. The number of nitrogens with zero attached hydrogens (tertiary/aromatic N) is 3. The maximum absolute atomic E-state index is 12.5. The molecule has 3 heterocycles. The molecule has 0 unspecified atom stereocenters. The number of aromatic amines is 1. The Labute approximate surface area is 155 Å². The summed E-state index contributed by atoms with van der Waals surface area (Å²) in [7, 11) is 0. The van der Waals surface area contributed by atoms with Gasteiger partial charge in [-0.25, -0.2) is 9.97 Å². The first-order valence-electron chi connectivity index (χ1n) is 8.39. The van der Waals surface area contributed by atoms with Crippen molar-refractivity contribution in [2.75, 3.05) is 12.3 Å². The molecule has 0 bridgehead atoms. The highest BCUT2D eigenvalue weighted by atomic mass is 35.5. The zero-order valence-electron chi connectivity index (χ0n) is 14.1. The van der Waals surface area contributed by atoms with Gasteiger partial charge in [-0.15, -0.1) is 0 Å². The lowest BCUT2D eigenvalue weighted by atomic mass is 10.1. The van der Waals surface area contributed by atoms with Gasteiger partial charge in [-0.2, -0.15) is 0 Å². The summed E-state index contributed by atoms with van der Waals surface area (Å²) in [5.41, 5.74) is 9.88. The summed E-state index contributed by atoms with van der Waals surface area (Å²) in [4.78, 5) is 26.4. The minimum atomic E-state index is -0.0605. The molecule has 3 aromatic rings. The highest BCUT2D eigenvalue weighted by Gasteiger charge is 2.21. The molecule has 1 aliphatic heterocycles. The van der Waals surface area contributed by atoms with Gasteiger partial charge in [0.25, 0.3) is 5.56 Å². The van der Waals surface area contributed by atoms with Crippen LogP contribution in [0.2, 0.25) is 5.15 Å². The molecule has 0 fully saturated rings. The number of pyridine rings is 1. The predicted molar refractivity (Wildman–Crippen MR) is 102 cm³/mol. The van der Waals surface area contributed by atoms with Crippen LogP contribution in [0.3, 0.4) is 0 Å². The van der Waals surface area contributed by atoms with E-state index in [-0.39, 0.29) is 5.56 Å². The fourth-order valence-corrected chi connectivity index (χ4v) is 3.28. The van der Waals surface area contributed by atoms with Crippen molar-refractivity contribution >= 4 is 17.3 Å². The number of halogens is 1. The largest absolute Gasteiger partial charge is 0.399 e. The van der Waals surface area contributed by atoms with Crippen LogP contribution < -0.4 is 11.3 Å². The first-order valence-corrected chi connectivity index (χ1v) is 8.77. The van der Waals surface area contributed by atoms with E-state index in [1.165, 1.54) is 0 Å². The molecular weight excluding hydrogens is 350 g/mol. The van der Waals surface area contributed by atoms with Crippen molar-refractivity contribution in [2.24, 2.45) is 0 Å². The van der Waals surface area contributed by atoms with E-state index in [9.17, 15) is 4.79 Å². The Morgan fingerprint density at radius 1 is 1.19 bits per heavy atom. The summed E-state index contributed by atoms with van der Waals surface area (Å²) in [6.07, 6.45) is 2.46. The summed E-state index contributed by atoms with van der Waals surface area (Å²) < 4.78 is 0. The monoisotopic (exact) mass is 367 g/mol. The second-order valence-corrected chi connectivity index (χ2v) is 6.80. The van der Waals surface area contributed by atoms with Gasteiger partial charge in [0.2, 0.25) is 0 Å². The highest BCUT2D eigenvalue weighted by Crippen LogP contribution is 2.21. The van der Waals surface area contributed by atoms with E-state index in [0.29, 0.717) is 29.6 Å². The molecule has 3 N–H and O–H groups in total. The molecule has 0 radical (unpaired) electrons. The van der Waals surface area contributed by atoms with Crippen molar-refractivity contribution in [3.05, 3.63) is 74.9 Å². The van der Waals surface area contributed by atoms with E-state index in [2.05, 4.69) is 14.9 Å². The lowest BCUT2D eigenvalue weighted by Crippen LogP contribution is -2.35. The Hall–Kier alpha value is -2.70. The molecule has 6 nitrogen and oxygen atoms in total. The van der Waals surface area contributed by atoms with Gasteiger partial charge in [0.1, 0.15) is 11.0 Å². The SMILES string of the molecule is Nc1ccc(-c2nc3c(c(=O)[nH]2)CCN(Cc2ccc(Cl)nc2)C3)cc1. The summed E-state index contributed by atoms with van der Waals surface area (Å²) in [5, 5.41) is 0.485. The molecule has 26 heavy (non-hydrogen) atoms. The lowest BCUT2D eigenvalue weighted by Gasteiger charge is -2.27. The van der Waals surface area contributed by atoms with Gasteiger partial charge >= 0.3 is 0 Å². The first kappa shape index (κ1) is 16.8. The lowest BCUT2D eigenvalue weighted by molar-refractivity contribution is 0.240. The summed E-state index contributed by atoms with van der Waals surface area (Å²) in [5.74, 6) is 0.573. The van der Waals surface area contributed by atoms with Gasteiger partial charge in [-0.3, -0.25) is 9.69 Å². The number of aromatic nitrogens is 3. The molecule has 0 amide bonds. The Kier molecular flexibility index (Phi) is 4.44. The molecule has 0 atom stereocenters. The number of nitrogen functional groups attached to an aromatic ring is 1. The fourth-order valence-electron chi connectivity index (χ4n) is 3.16. The molecule has 0 spiro atoms. The number of benzene rings is 1. The summed E-state index contributed by atoms with van der Waals surface area (Å²) in [6.45, 7) is 2.18. The Bertz CT molecular complexity index is 982. The topological polar surface area (TPSA) is 87.9 Å². The number of anilines is 1. The first-order chi connectivity index (χ1) is 12.6. The van der Waals surface area contributed by atoms with E-state index >= 15 is 0 Å². The van der Waals surface area contributed by atoms with Crippen molar-refractivity contribution in [1.29, 1.82) is 0 Å². The number of nitrogens with two attached hydrogens (primary N) is 1. The third-order valence-electron chi connectivity index (χ3n) is 4.53. The fraction of sp³-hybridized carbons (Fsp3) is 0.211. The highest BCUT2D eigenvalue weighted by molar-refractivity contribution is 6.29. The molecular formula is C19H18ClN5O. The van der Waals surface area contributed by atoms with Crippen LogP contribution in [0.1, 0.15) is 16.8 Å². The molecule has 0 saturated heterocycles. The Balaban J connectivity index is 1.60. The van der Waals surface area contributed by atoms with Crippen LogP contribution >= 0.6 is 11.6 Å². The molecule has 7 heteroatoms. The van der Waals surface area contributed by atoms with Crippen molar-refractivity contribution in [3.8, 4) is 11.4 Å². The summed E-state index contributed by atoms with van der Waals surface area (Å²) >= 11 is 5.84. The van der Waals surface area contributed by atoms with Crippen LogP contribution in [0.5, 0.6) is 0 Å². The number of hydrogen-bond acceptors (Lipinski definition) is 5. The average Bonchev–Trinajstić information content (AvgIpc) is 2.64. The Morgan fingerprint density at radius 2 is 2.00 bits per heavy atom. The van der Waals surface area contributed by atoms with Gasteiger partial charge in [0.15, 0.2) is 0 Å². The number of H-pyrrole nitrogens is 1. The molecule has 0 aliphatic carbocycles. The average molecular weight is 368 g/mol. The summed E-state index contributed by atoms with van der Waals surface area (Å²) in [6, 6.07) is 11.1. The van der Waals surface area contributed by atoms with E-state index in [1.54, 1.807) is 24.4 Å². The molecule has 4 rings (SSSR count). The van der Waals surface area contributed by atoms with Crippen LogP contribution in [0, 0.1) is 0 Å². The van der Waals surface area contributed by atoms with E-state index in [0.717, 1.165) is 35.5 Å². The predicted octanol–water partition coefficient (Wildman–Crippen LogP) is 2.63. The Morgan fingerprint density at radius 3 is 2.73 bits per heavy atom. The molecule has 2 aromatic heterocycles. The number of nitrogens with one attached hydrogen (secondary N) is 1. The normalized spacial score (nSPS) is 14.2. The molecule has 132 valence electrons. The van der Waals surface area contributed by atoms with E-state index in [1.807, 2.05) is 18.2 Å².